The molecule has 6 rings (SSSR count). The van der Waals surface area contributed by atoms with Crippen LogP contribution in [0, 0.1) is 0 Å². The van der Waals surface area contributed by atoms with Crippen molar-refractivity contribution in [2.45, 2.75) is 69.7 Å². The van der Waals surface area contributed by atoms with E-state index in [-0.39, 0.29) is 28.8 Å². The first-order valence-electron chi connectivity index (χ1n) is 11.6. The third kappa shape index (κ3) is 2.35. The Balaban J connectivity index is 1.62. The first-order valence-corrected chi connectivity index (χ1v) is 11.6. The summed E-state index contributed by atoms with van der Waals surface area (Å²) in [4.78, 5) is 16.2. The summed E-state index contributed by atoms with van der Waals surface area (Å²) < 4.78 is 7.00. The molecular weight excluding hydrogens is 396 g/mol. The van der Waals surface area contributed by atoms with Gasteiger partial charge in [-0.05, 0) is 63.1 Å². The lowest BCUT2D eigenvalue weighted by molar-refractivity contribution is -0.124. The highest BCUT2D eigenvalue weighted by Gasteiger charge is 2.70. The van der Waals surface area contributed by atoms with Gasteiger partial charge < -0.3 is 15.0 Å². The second kappa shape index (κ2) is 6.06. The van der Waals surface area contributed by atoms with Gasteiger partial charge in [-0.15, -0.1) is 0 Å². The van der Waals surface area contributed by atoms with Gasteiger partial charge in [0.1, 0.15) is 11.8 Å². The molecule has 1 saturated heterocycles. The summed E-state index contributed by atoms with van der Waals surface area (Å²) in [5.74, 6) is 1.04. The molecule has 0 aliphatic carbocycles. The summed E-state index contributed by atoms with van der Waals surface area (Å²) in [5.41, 5.74) is 2.38. The number of hydrogen-bond donors (Lipinski definition) is 1. The molecule has 0 unspecified atom stereocenters. The van der Waals surface area contributed by atoms with Crippen LogP contribution in [0.1, 0.15) is 58.1 Å². The van der Waals surface area contributed by atoms with Gasteiger partial charge in [-0.25, -0.2) is 0 Å². The number of ether oxygens (including phenoxy) is 1. The Morgan fingerprint density at radius 3 is 2.53 bits per heavy atom. The van der Waals surface area contributed by atoms with Gasteiger partial charge in [-0.1, -0.05) is 48.5 Å². The van der Waals surface area contributed by atoms with Crippen molar-refractivity contribution in [1.29, 1.82) is 0 Å². The Morgan fingerprint density at radius 1 is 1.03 bits per heavy atom. The molecule has 3 aromatic carbocycles. The molecule has 3 atom stereocenters. The summed E-state index contributed by atoms with van der Waals surface area (Å²) in [7, 11) is 0. The summed E-state index contributed by atoms with van der Waals surface area (Å²) in [6.45, 7) is 10.7. The van der Waals surface area contributed by atoms with Gasteiger partial charge in [-0.3, -0.25) is 4.79 Å². The maximum Gasteiger partial charge on any atom is 0.243 e. The Bertz CT molecular complexity index is 1270. The highest BCUT2D eigenvalue weighted by molar-refractivity contribution is 5.95. The van der Waals surface area contributed by atoms with Crippen LogP contribution in [0.3, 0.4) is 0 Å². The molecule has 1 fully saturated rings. The molecule has 2 bridgehead atoms. The molecule has 32 heavy (non-hydrogen) atoms. The molecule has 1 amide bonds. The lowest BCUT2D eigenvalue weighted by Crippen LogP contribution is -2.60. The number of nitrogens with one attached hydrogen (secondary N) is 1. The minimum atomic E-state index is -0.587. The van der Waals surface area contributed by atoms with E-state index in [1.807, 2.05) is 20.8 Å². The quantitative estimate of drug-likeness (QED) is 0.559. The largest absolute Gasteiger partial charge is 0.467 e. The topological polar surface area (TPSA) is 41.6 Å². The van der Waals surface area contributed by atoms with Crippen LogP contribution in [0.4, 0.5) is 5.69 Å². The lowest BCUT2D eigenvalue weighted by atomic mass is 9.72. The number of amides is 1. The van der Waals surface area contributed by atoms with Crippen molar-refractivity contribution in [2.75, 3.05) is 4.90 Å². The van der Waals surface area contributed by atoms with E-state index in [1.54, 1.807) is 0 Å². The number of anilines is 1. The minimum Gasteiger partial charge on any atom is -0.467 e. The SMILES string of the molecule is CC(C)(C)NC(=O)[C@H]1[C@@H]2C[C@]3(Oc4ccc5ccccc5c42)N1c1ccccc1C3(C)C. The second-order valence-corrected chi connectivity index (χ2v) is 11.1. The molecule has 3 aromatic rings. The van der Waals surface area contributed by atoms with Gasteiger partial charge in [0, 0.05) is 29.1 Å². The van der Waals surface area contributed by atoms with Crippen molar-refractivity contribution >= 4 is 22.4 Å². The minimum absolute atomic E-state index is 0.0554. The Hall–Kier alpha value is -3.01. The fraction of sp³-hybridized carbons (Fsp3) is 0.393. The number of para-hydroxylation sites is 1. The van der Waals surface area contributed by atoms with Crippen LogP contribution in [0.15, 0.2) is 60.7 Å². The van der Waals surface area contributed by atoms with Crippen LogP contribution < -0.4 is 15.0 Å². The highest BCUT2D eigenvalue weighted by Crippen LogP contribution is 2.65. The van der Waals surface area contributed by atoms with E-state index in [1.165, 1.54) is 21.9 Å². The summed E-state index contributed by atoms with van der Waals surface area (Å²) in [6, 6.07) is 20.9. The van der Waals surface area contributed by atoms with Gasteiger partial charge in [0.25, 0.3) is 0 Å². The van der Waals surface area contributed by atoms with Crippen molar-refractivity contribution in [2.24, 2.45) is 0 Å². The summed E-state index contributed by atoms with van der Waals surface area (Å²) in [6.07, 6.45) is 0.790. The lowest BCUT2D eigenvalue weighted by Gasteiger charge is -2.45. The fourth-order valence-electron chi connectivity index (χ4n) is 6.39. The van der Waals surface area contributed by atoms with Crippen molar-refractivity contribution in [3.05, 3.63) is 71.8 Å². The monoisotopic (exact) mass is 426 g/mol. The van der Waals surface area contributed by atoms with Crippen LogP contribution in [0.2, 0.25) is 0 Å². The van der Waals surface area contributed by atoms with Crippen molar-refractivity contribution in [3.8, 4) is 5.75 Å². The maximum absolute atomic E-state index is 13.9. The van der Waals surface area contributed by atoms with Crippen molar-refractivity contribution in [1.82, 2.24) is 5.32 Å². The number of nitrogens with zero attached hydrogens (tertiary/aromatic N) is 1. The standard InChI is InChI=1S/C28H30N2O2/c1-26(2,3)29-25(31)24-19-16-28(27(4,5)20-12-8-9-13-21(20)30(24)28)32-22-15-14-17-10-6-7-11-18(17)23(19)22/h6-15,19,24H,16H2,1-5H3,(H,29,31)/t19-,24-,28-/m1/s1. The van der Waals surface area contributed by atoms with Gasteiger partial charge in [-0.2, -0.15) is 0 Å². The van der Waals surface area contributed by atoms with Crippen LogP contribution in [-0.4, -0.2) is 23.2 Å². The molecule has 4 nitrogen and oxygen atoms in total. The normalized spacial score (nSPS) is 26.8. The molecule has 164 valence electrons. The first-order chi connectivity index (χ1) is 15.1. The molecule has 1 spiro atoms. The van der Waals surface area contributed by atoms with E-state index in [0.29, 0.717) is 0 Å². The fourth-order valence-corrected chi connectivity index (χ4v) is 6.39. The second-order valence-electron chi connectivity index (χ2n) is 11.1. The predicted octanol–water partition coefficient (Wildman–Crippen LogP) is 5.50. The smallest absolute Gasteiger partial charge is 0.243 e. The Morgan fingerprint density at radius 2 is 1.75 bits per heavy atom. The van der Waals surface area contributed by atoms with E-state index in [0.717, 1.165) is 17.9 Å². The molecule has 3 heterocycles. The van der Waals surface area contributed by atoms with Crippen molar-refractivity contribution in [3.63, 3.8) is 0 Å². The number of rotatable bonds is 1. The zero-order valence-corrected chi connectivity index (χ0v) is 19.4. The van der Waals surface area contributed by atoms with Crippen LogP contribution >= 0.6 is 0 Å². The van der Waals surface area contributed by atoms with E-state index >= 15 is 0 Å². The molecule has 0 aromatic heterocycles. The zero-order chi connectivity index (χ0) is 22.5. The first kappa shape index (κ1) is 19.7. The molecule has 3 aliphatic heterocycles. The van der Waals surface area contributed by atoms with Gasteiger partial charge in [0.15, 0.2) is 5.72 Å². The van der Waals surface area contributed by atoms with Crippen molar-refractivity contribution < 1.29 is 9.53 Å². The molecule has 1 N–H and O–H groups in total. The van der Waals surface area contributed by atoms with E-state index in [2.05, 4.69) is 84.7 Å². The molecule has 4 heteroatoms. The van der Waals surface area contributed by atoms with Crippen LogP contribution in [-0.2, 0) is 10.2 Å². The van der Waals surface area contributed by atoms with Gasteiger partial charge in [0.05, 0.1) is 5.41 Å². The average Bonchev–Trinajstić information content (AvgIpc) is 3.11. The van der Waals surface area contributed by atoms with Crippen LogP contribution in [0.5, 0.6) is 5.75 Å². The van der Waals surface area contributed by atoms with Gasteiger partial charge in [0.2, 0.25) is 5.91 Å². The highest BCUT2D eigenvalue weighted by atomic mass is 16.5. The van der Waals surface area contributed by atoms with Crippen LogP contribution in [0.25, 0.3) is 10.8 Å². The number of carbonyl (C=O) groups is 1. The summed E-state index contributed by atoms with van der Waals surface area (Å²) >= 11 is 0. The number of hydrogen-bond acceptors (Lipinski definition) is 3. The average molecular weight is 427 g/mol. The number of carbonyl (C=O) groups excluding carboxylic acids is 1. The predicted molar refractivity (Wildman–Crippen MR) is 128 cm³/mol. The molecular formula is C28H30N2O2. The Kier molecular flexibility index (Phi) is 3.72. The zero-order valence-electron chi connectivity index (χ0n) is 19.4. The Labute approximate surface area is 189 Å². The number of benzene rings is 3. The third-order valence-electron chi connectivity index (χ3n) is 7.71. The van der Waals surface area contributed by atoms with E-state index in [4.69, 9.17) is 4.74 Å². The summed E-state index contributed by atoms with van der Waals surface area (Å²) in [5, 5.41) is 5.66. The van der Waals surface area contributed by atoms with E-state index < -0.39 is 5.72 Å². The molecule has 3 aliphatic rings. The maximum atomic E-state index is 13.9. The third-order valence-corrected chi connectivity index (χ3v) is 7.71. The number of fused-ring (bicyclic) bond motifs is 7. The van der Waals surface area contributed by atoms with Gasteiger partial charge >= 0.3 is 0 Å². The molecule has 0 saturated carbocycles. The van der Waals surface area contributed by atoms with E-state index in [9.17, 15) is 4.79 Å². The molecule has 0 radical (unpaired) electrons.